The Morgan fingerprint density at radius 3 is 2.56 bits per heavy atom. The summed E-state index contributed by atoms with van der Waals surface area (Å²) in [6.07, 6.45) is 1.24. The minimum absolute atomic E-state index is 0.299. The number of fused-ring (bicyclic) bond motifs is 1. The molecule has 0 bridgehead atoms. The Morgan fingerprint density at radius 1 is 1.25 bits per heavy atom. The van der Waals surface area contributed by atoms with Gasteiger partial charge in [0.25, 0.3) is 0 Å². The summed E-state index contributed by atoms with van der Waals surface area (Å²) >= 11 is 0. The number of benzene rings is 1. The van der Waals surface area contributed by atoms with Crippen molar-refractivity contribution in [2.45, 2.75) is 26.3 Å². The molecule has 2 nitrogen and oxygen atoms in total. The third-order valence-electron chi connectivity index (χ3n) is 2.60. The van der Waals surface area contributed by atoms with E-state index in [1.165, 1.54) is 6.20 Å². The van der Waals surface area contributed by atoms with Crippen molar-refractivity contribution in [3.63, 3.8) is 0 Å². The van der Waals surface area contributed by atoms with Crippen LogP contribution in [0, 0.1) is 12.7 Å². The van der Waals surface area contributed by atoms with Crippen molar-refractivity contribution in [1.29, 1.82) is 0 Å². The van der Waals surface area contributed by atoms with Crippen LogP contribution in [0.5, 0.6) is 0 Å². The quantitative estimate of drug-likeness (QED) is 0.799. The number of rotatable bonds is 1. The molecule has 0 spiro atoms. The monoisotopic (exact) mass is 218 g/mol. The Kier molecular flexibility index (Phi) is 2.43. The number of aryl methyl sites for hydroxylation is 1. The van der Waals surface area contributed by atoms with Crippen LogP contribution < -0.4 is 5.73 Å². The molecule has 2 N–H and O–H groups in total. The summed E-state index contributed by atoms with van der Waals surface area (Å²) in [5.41, 5.74) is 7.21. The Bertz CT molecular complexity index is 541. The van der Waals surface area contributed by atoms with Gasteiger partial charge in [0.15, 0.2) is 0 Å². The van der Waals surface area contributed by atoms with Gasteiger partial charge in [-0.2, -0.15) is 0 Å². The number of hydrogen-bond acceptors (Lipinski definition) is 2. The first-order valence-electron chi connectivity index (χ1n) is 5.24. The first-order valence-corrected chi connectivity index (χ1v) is 5.24. The van der Waals surface area contributed by atoms with Crippen LogP contribution in [0.1, 0.15) is 25.1 Å². The topological polar surface area (TPSA) is 38.9 Å². The van der Waals surface area contributed by atoms with Gasteiger partial charge in [0.2, 0.25) is 0 Å². The molecular weight excluding hydrogens is 203 g/mol. The molecule has 84 valence electrons. The highest BCUT2D eigenvalue weighted by Gasteiger charge is 2.20. The fourth-order valence-electron chi connectivity index (χ4n) is 1.84. The van der Waals surface area contributed by atoms with Crippen LogP contribution in [0.4, 0.5) is 4.39 Å². The lowest BCUT2D eigenvalue weighted by Gasteiger charge is -2.20. The lowest BCUT2D eigenvalue weighted by atomic mass is 9.95. The summed E-state index contributed by atoms with van der Waals surface area (Å²) in [6.45, 7) is 5.67. The summed E-state index contributed by atoms with van der Waals surface area (Å²) in [5, 5.41) is 1.38. The molecule has 1 aromatic heterocycles. The molecule has 0 saturated heterocycles. The molecule has 2 rings (SSSR count). The molecule has 3 heteroatoms. The van der Waals surface area contributed by atoms with Crippen molar-refractivity contribution in [1.82, 2.24) is 4.98 Å². The molecule has 0 aliphatic heterocycles. The van der Waals surface area contributed by atoms with Crippen molar-refractivity contribution in [2.75, 3.05) is 0 Å². The van der Waals surface area contributed by atoms with E-state index in [-0.39, 0.29) is 5.82 Å². The summed E-state index contributed by atoms with van der Waals surface area (Å²) in [4.78, 5) is 4.11. The average molecular weight is 218 g/mol. The molecular formula is C13H15FN2. The normalized spacial score (nSPS) is 12.1. The minimum atomic E-state index is -0.568. The van der Waals surface area contributed by atoms with E-state index in [1.807, 2.05) is 39.0 Å². The molecule has 0 atom stereocenters. The molecule has 0 radical (unpaired) electrons. The molecule has 2 aromatic rings. The summed E-state index contributed by atoms with van der Waals surface area (Å²) in [7, 11) is 0. The largest absolute Gasteiger partial charge is 0.321 e. The number of halogens is 1. The van der Waals surface area contributed by atoms with Crippen molar-refractivity contribution >= 4 is 10.8 Å². The first kappa shape index (κ1) is 11.0. The molecule has 0 aliphatic carbocycles. The van der Waals surface area contributed by atoms with Crippen LogP contribution in [0.25, 0.3) is 10.8 Å². The van der Waals surface area contributed by atoms with Crippen LogP contribution >= 0.6 is 0 Å². The van der Waals surface area contributed by atoms with Gasteiger partial charge in [0.05, 0.1) is 17.4 Å². The van der Waals surface area contributed by atoms with Gasteiger partial charge >= 0.3 is 0 Å². The maximum atomic E-state index is 13.6. The van der Waals surface area contributed by atoms with Crippen molar-refractivity contribution in [3.8, 4) is 0 Å². The highest BCUT2D eigenvalue weighted by atomic mass is 19.1. The van der Waals surface area contributed by atoms with Crippen LogP contribution in [-0.4, -0.2) is 4.98 Å². The maximum absolute atomic E-state index is 13.6. The van der Waals surface area contributed by atoms with Crippen molar-refractivity contribution in [2.24, 2.45) is 5.73 Å². The van der Waals surface area contributed by atoms with E-state index in [1.54, 1.807) is 0 Å². The van der Waals surface area contributed by atoms with Gasteiger partial charge in [0.1, 0.15) is 5.82 Å². The molecule has 0 fully saturated rings. The van der Waals surface area contributed by atoms with Gasteiger partial charge in [0, 0.05) is 10.8 Å². The number of nitrogens with zero attached hydrogens (tertiary/aromatic N) is 1. The molecule has 1 heterocycles. The number of aromatic nitrogens is 1. The van der Waals surface area contributed by atoms with E-state index >= 15 is 0 Å². The SMILES string of the molecule is Cc1ccc2c(C(C)(C)N)ncc(F)c2c1. The molecule has 0 aliphatic rings. The van der Waals surface area contributed by atoms with Crippen LogP contribution in [-0.2, 0) is 5.54 Å². The maximum Gasteiger partial charge on any atom is 0.149 e. The zero-order valence-corrected chi connectivity index (χ0v) is 9.71. The van der Waals surface area contributed by atoms with Crippen molar-refractivity contribution < 1.29 is 4.39 Å². The van der Waals surface area contributed by atoms with E-state index in [0.29, 0.717) is 5.39 Å². The van der Waals surface area contributed by atoms with Gasteiger partial charge in [-0.15, -0.1) is 0 Å². The van der Waals surface area contributed by atoms with Crippen LogP contribution in [0.15, 0.2) is 24.4 Å². The lowest BCUT2D eigenvalue weighted by molar-refractivity contribution is 0.536. The number of hydrogen-bond donors (Lipinski definition) is 1. The van der Waals surface area contributed by atoms with Crippen LogP contribution in [0.3, 0.4) is 0 Å². The third-order valence-corrected chi connectivity index (χ3v) is 2.60. The predicted molar refractivity (Wildman–Crippen MR) is 63.7 cm³/mol. The predicted octanol–water partition coefficient (Wildman–Crippen LogP) is 2.88. The number of nitrogens with two attached hydrogens (primary N) is 1. The van der Waals surface area contributed by atoms with Gasteiger partial charge in [-0.05, 0) is 26.8 Å². The van der Waals surface area contributed by atoms with E-state index in [9.17, 15) is 4.39 Å². The molecule has 16 heavy (non-hydrogen) atoms. The summed E-state index contributed by atoms with van der Waals surface area (Å²) in [5.74, 6) is -0.299. The van der Waals surface area contributed by atoms with Gasteiger partial charge in [-0.3, -0.25) is 4.98 Å². The zero-order valence-electron chi connectivity index (χ0n) is 9.71. The second kappa shape index (κ2) is 3.52. The van der Waals surface area contributed by atoms with Crippen molar-refractivity contribution in [3.05, 3.63) is 41.5 Å². The molecule has 0 amide bonds. The van der Waals surface area contributed by atoms with E-state index in [4.69, 9.17) is 5.73 Å². The summed E-state index contributed by atoms with van der Waals surface area (Å²) in [6, 6.07) is 5.64. The second-order valence-electron chi connectivity index (χ2n) is 4.73. The fraction of sp³-hybridized carbons (Fsp3) is 0.308. The van der Waals surface area contributed by atoms with E-state index in [2.05, 4.69) is 4.98 Å². The van der Waals surface area contributed by atoms with Gasteiger partial charge in [-0.1, -0.05) is 17.7 Å². The molecule has 1 aromatic carbocycles. The first-order chi connectivity index (χ1) is 7.39. The van der Waals surface area contributed by atoms with E-state index < -0.39 is 5.54 Å². The highest BCUT2D eigenvalue weighted by Crippen LogP contribution is 2.27. The minimum Gasteiger partial charge on any atom is -0.321 e. The fourth-order valence-corrected chi connectivity index (χ4v) is 1.84. The Morgan fingerprint density at radius 2 is 1.94 bits per heavy atom. The van der Waals surface area contributed by atoms with Crippen LogP contribution in [0.2, 0.25) is 0 Å². The third kappa shape index (κ3) is 1.78. The second-order valence-corrected chi connectivity index (χ2v) is 4.73. The Labute approximate surface area is 94.3 Å². The molecule has 0 saturated carbocycles. The lowest BCUT2D eigenvalue weighted by Crippen LogP contribution is -2.30. The Balaban J connectivity index is 2.85. The highest BCUT2D eigenvalue weighted by molar-refractivity contribution is 5.86. The van der Waals surface area contributed by atoms with Gasteiger partial charge in [-0.25, -0.2) is 4.39 Å². The summed E-state index contributed by atoms with van der Waals surface area (Å²) < 4.78 is 13.6. The zero-order chi connectivity index (χ0) is 11.9. The Hall–Kier alpha value is -1.48. The standard InChI is InChI=1S/C13H15FN2/c1-8-4-5-9-10(6-8)11(14)7-16-12(9)13(2,3)15/h4-7H,15H2,1-3H3. The molecule has 0 unspecified atom stereocenters. The van der Waals surface area contributed by atoms with E-state index in [0.717, 1.165) is 16.6 Å². The average Bonchev–Trinajstić information content (AvgIpc) is 2.17. The van der Waals surface area contributed by atoms with Gasteiger partial charge < -0.3 is 5.73 Å². The number of pyridine rings is 1. The smallest absolute Gasteiger partial charge is 0.149 e.